The SMILES string of the molecule is O=C(O)C1SC=CC1(OCc1ccc(F)cc1Cl)n1cnc2ccc(Cl)cc21. The van der Waals surface area contributed by atoms with Gasteiger partial charge in [0.1, 0.15) is 5.82 Å². The molecule has 2 aromatic carbocycles. The molecule has 9 heteroatoms. The summed E-state index contributed by atoms with van der Waals surface area (Å²) >= 11 is 13.4. The number of carboxylic acid groups (broad SMARTS) is 1. The van der Waals surface area contributed by atoms with E-state index in [1.807, 2.05) is 0 Å². The molecule has 0 fully saturated rings. The Morgan fingerprint density at radius 1 is 1.32 bits per heavy atom. The first-order chi connectivity index (χ1) is 13.4. The number of hydrogen-bond donors (Lipinski definition) is 1. The third-order valence-corrected chi connectivity index (χ3v) is 6.17. The molecule has 2 unspecified atom stereocenters. The van der Waals surface area contributed by atoms with Crippen LogP contribution in [0.1, 0.15) is 5.56 Å². The van der Waals surface area contributed by atoms with Crippen molar-refractivity contribution in [3.8, 4) is 0 Å². The number of thioether (sulfide) groups is 1. The maximum Gasteiger partial charge on any atom is 0.322 e. The zero-order chi connectivity index (χ0) is 19.9. The predicted octanol–water partition coefficient (Wildman–Crippen LogP) is 5.07. The lowest BCUT2D eigenvalue weighted by atomic mass is 10.1. The van der Waals surface area contributed by atoms with Crippen molar-refractivity contribution in [3.05, 3.63) is 75.6 Å². The third kappa shape index (κ3) is 3.28. The molecule has 3 aromatic rings. The molecule has 0 aliphatic carbocycles. The standard InChI is InChI=1S/C19H13Cl2FN2O3S/c20-12-2-4-15-16(7-12)24(10-23-15)19(5-6-28-17(19)18(25)26)27-9-11-1-3-13(22)8-14(11)21/h1-8,10,17H,9H2,(H,25,26). The van der Waals surface area contributed by atoms with Crippen LogP contribution in [0.3, 0.4) is 0 Å². The molecule has 144 valence electrons. The van der Waals surface area contributed by atoms with Crippen molar-refractivity contribution in [2.75, 3.05) is 0 Å². The summed E-state index contributed by atoms with van der Waals surface area (Å²) in [5, 5.41) is 11.2. The average Bonchev–Trinajstić information content (AvgIpc) is 3.25. The Morgan fingerprint density at radius 2 is 2.14 bits per heavy atom. The number of hydrogen-bond acceptors (Lipinski definition) is 4. The van der Waals surface area contributed by atoms with Crippen molar-refractivity contribution in [1.82, 2.24) is 9.55 Å². The van der Waals surface area contributed by atoms with Crippen LogP contribution in [0.4, 0.5) is 4.39 Å². The minimum atomic E-state index is -1.35. The molecule has 1 aromatic heterocycles. The van der Waals surface area contributed by atoms with Crippen LogP contribution < -0.4 is 0 Å². The number of ether oxygens (including phenoxy) is 1. The van der Waals surface area contributed by atoms with Gasteiger partial charge in [0.05, 0.1) is 24.0 Å². The normalized spacial score (nSPS) is 21.5. The van der Waals surface area contributed by atoms with Gasteiger partial charge in [0, 0.05) is 10.0 Å². The monoisotopic (exact) mass is 438 g/mol. The van der Waals surface area contributed by atoms with E-state index in [2.05, 4.69) is 4.98 Å². The zero-order valence-corrected chi connectivity index (χ0v) is 16.5. The van der Waals surface area contributed by atoms with Crippen LogP contribution >= 0.6 is 35.0 Å². The van der Waals surface area contributed by atoms with E-state index in [-0.39, 0.29) is 11.6 Å². The molecule has 0 spiro atoms. The van der Waals surface area contributed by atoms with E-state index in [4.69, 9.17) is 27.9 Å². The number of rotatable bonds is 5. The Bertz CT molecular complexity index is 1100. The van der Waals surface area contributed by atoms with Gasteiger partial charge < -0.3 is 9.84 Å². The molecule has 0 radical (unpaired) electrons. The molecule has 5 nitrogen and oxygen atoms in total. The Kier molecular flexibility index (Phi) is 5.09. The van der Waals surface area contributed by atoms with Crippen LogP contribution in [0.5, 0.6) is 0 Å². The molecular formula is C19H13Cl2FN2O3S. The zero-order valence-electron chi connectivity index (χ0n) is 14.2. The van der Waals surface area contributed by atoms with Gasteiger partial charge in [-0.3, -0.25) is 9.36 Å². The lowest BCUT2D eigenvalue weighted by molar-refractivity contribution is -0.147. The second kappa shape index (κ2) is 7.40. The van der Waals surface area contributed by atoms with Crippen LogP contribution in [0, 0.1) is 5.82 Å². The number of imidazole rings is 1. The molecule has 1 aliphatic heterocycles. The molecule has 4 rings (SSSR count). The summed E-state index contributed by atoms with van der Waals surface area (Å²) in [6.07, 6.45) is 3.20. The second-order valence-electron chi connectivity index (χ2n) is 6.18. The number of fused-ring (bicyclic) bond motifs is 1. The summed E-state index contributed by atoms with van der Waals surface area (Å²) in [6.45, 7) is -0.0198. The number of aliphatic carboxylic acids is 1. The van der Waals surface area contributed by atoms with Gasteiger partial charge in [-0.15, -0.1) is 11.8 Å². The molecule has 1 N–H and O–H groups in total. The summed E-state index contributed by atoms with van der Waals surface area (Å²) in [4.78, 5) is 16.3. The highest BCUT2D eigenvalue weighted by atomic mass is 35.5. The van der Waals surface area contributed by atoms with Crippen LogP contribution in [-0.4, -0.2) is 25.9 Å². The second-order valence-corrected chi connectivity index (χ2v) is 8.04. The Hall–Kier alpha value is -2.06. The molecule has 0 saturated heterocycles. The fourth-order valence-electron chi connectivity index (χ4n) is 3.13. The third-order valence-electron chi connectivity index (χ3n) is 4.48. The smallest absolute Gasteiger partial charge is 0.322 e. The van der Waals surface area contributed by atoms with Gasteiger partial charge in [-0.25, -0.2) is 9.37 Å². The Morgan fingerprint density at radius 3 is 2.89 bits per heavy atom. The number of carboxylic acids is 1. The molecule has 0 bridgehead atoms. The van der Waals surface area contributed by atoms with Gasteiger partial charge in [0.15, 0.2) is 11.0 Å². The van der Waals surface area contributed by atoms with Gasteiger partial charge in [-0.05, 0) is 47.4 Å². The average molecular weight is 439 g/mol. The van der Waals surface area contributed by atoms with E-state index in [9.17, 15) is 14.3 Å². The number of nitrogens with zero attached hydrogens (tertiary/aromatic N) is 2. The Labute approximate surface area is 173 Å². The number of halogens is 3. The highest BCUT2D eigenvalue weighted by molar-refractivity contribution is 8.03. The van der Waals surface area contributed by atoms with Crippen LogP contribution in [-0.2, 0) is 21.9 Å². The van der Waals surface area contributed by atoms with E-state index >= 15 is 0 Å². The highest BCUT2D eigenvalue weighted by Crippen LogP contribution is 2.43. The first kappa shape index (κ1) is 19.3. The van der Waals surface area contributed by atoms with Crippen molar-refractivity contribution in [2.45, 2.75) is 17.6 Å². The summed E-state index contributed by atoms with van der Waals surface area (Å²) < 4.78 is 21.1. The van der Waals surface area contributed by atoms with Gasteiger partial charge in [-0.1, -0.05) is 29.3 Å². The highest BCUT2D eigenvalue weighted by Gasteiger charge is 2.48. The molecule has 0 amide bonds. The van der Waals surface area contributed by atoms with E-state index in [1.54, 1.807) is 34.3 Å². The van der Waals surface area contributed by atoms with Gasteiger partial charge >= 0.3 is 5.97 Å². The maximum atomic E-state index is 13.3. The van der Waals surface area contributed by atoms with Crippen molar-refractivity contribution in [3.63, 3.8) is 0 Å². The van der Waals surface area contributed by atoms with E-state index in [0.717, 1.165) is 11.8 Å². The van der Waals surface area contributed by atoms with E-state index < -0.39 is 22.8 Å². The molecule has 2 heterocycles. The molecule has 28 heavy (non-hydrogen) atoms. The molecule has 2 atom stereocenters. The van der Waals surface area contributed by atoms with Crippen molar-refractivity contribution >= 4 is 52.0 Å². The minimum Gasteiger partial charge on any atom is -0.480 e. The van der Waals surface area contributed by atoms with Crippen LogP contribution in [0.15, 0.2) is 54.2 Å². The summed E-state index contributed by atoms with van der Waals surface area (Å²) in [5.74, 6) is -1.50. The fraction of sp³-hybridized carbons (Fsp3) is 0.158. The largest absolute Gasteiger partial charge is 0.480 e. The number of benzene rings is 2. The number of aromatic nitrogens is 2. The maximum absolute atomic E-state index is 13.3. The lowest BCUT2D eigenvalue weighted by Crippen LogP contribution is -2.45. The van der Waals surface area contributed by atoms with Crippen LogP contribution in [0.2, 0.25) is 10.0 Å². The van der Waals surface area contributed by atoms with Gasteiger partial charge in [0.2, 0.25) is 0 Å². The quantitative estimate of drug-likeness (QED) is 0.602. The number of carbonyl (C=O) groups is 1. The Balaban J connectivity index is 1.80. The van der Waals surface area contributed by atoms with E-state index in [1.165, 1.54) is 24.5 Å². The fourth-order valence-corrected chi connectivity index (χ4v) is 4.52. The first-order valence-electron chi connectivity index (χ1n) is 8.18. The first-order valence-corrected chi connectivity index (χ1v) is 9.87. The summed E-state index contributed by atoms with van der Waals surface area (Å²) in [7, 11) is 0. The molecule has 1 aliphatic rings. The predicted molar refractivity (Wildman–Crippen MR) is 107 cm³/mol. The molecule has 0 saturated carbocycles. The van der Waals surface area contributed by atoms with Crippen molar-refractivity contribution in [2.24, 2.45) is 0 Å². The van der Waals surface area contributed by atoms with Crippen LogP contribution in [0.25, 0.3) is 11.0 Å². The van der Waals surface area contributed by atoms with Gasteiger partial charge in [0.25, 0.3) is 0 Å². The minimum absolute atomic E-state index is 0.0198. The van der Waals surface area contributed by atoms with Crippen molar-refractivity contribution in [1.29, 1.82) is 0 Å². The van der Waals surface area contributed by atoms with Crippen molar-refractivity contribution < 1.29 is 19.0 Å². The lowest BCUT2D eigenvalue weighted by Gasteiger charge is -2.33. The van der Waals surface area contributed by atoms with E-state index in [0.29, 0.717) is 21.6 Å². The molecular weight excluding hydrogens is 426 g/mol. The van der Waals surface area contributed by atoms with Gasteiger partial charge in [-0.2, -0.15) is 0 Å². The summed E-state index contributed by atoms with van der Waals surface area (Å²) in [5.41, 5.74) is 0.477. The topological polar surface area (TPSA) is 64.3 Å². The summed E-state index contributed by atoms with van der Waals surface area (Å²) in [6, 6.07) is 9.14.